The highest BCUT2D eigenvalue weighted by molar-refractivity contribution is 7.99. The van der Waals surface area contributed by atoms with Crippen molar-refractivity contribution in [2.24, 2.45) is 0 Å². The lowest BCUT2D eigenvalue weighted by atomic mass is 10.1. The lowest BCUT2D eigenvalue weighted by Gasteiger charge is -2.08. The number of benzene rings is 1. The molecule has 134 valence electrons. The van der Waals surface area contributed by atoms with Crippen LogP contribution in [0.4, 0.5) is 5.00 Å². The molecule has 0 bridgehead atoms. The Labute approximate surface area is 157 Å². The molecule has 0 radical (unpaired) electrons. The van der Waals surface area contributed by atoms with Crippen LogP contribution in [0.15, 0.2) is 29.2 Å². The fourth-order valence-corrected chi connectivity index (χ4v) is 4.12. The molecule has 1 N–H and O–H groups in total. The molecule has 25 heavy (non-hydrogen) atoms. The van der Waals surface area contributed by atoms with E-state index in [1.54, 1.807) is 18.7 Å². The van der Waals surface area contributed by atoms with Gasteiger partial charge in [-0.1, -0.05) is 19.1 Å². The topological polar surface area (TPSA) is 55.4 Å². The van der Waals surface area contributed by atoms with Crippen molar-refractivity contribution in [2.45, 2.75) is 39.0 Å². The molecule has 0 fully saturated rings. The molecule has 1 aromatic heterocycles. The molecule has 2 aromatic rings. The normalized spacial score (nSPS) is 10.6. The summed E-state index contributed by atoms with van der Waals surface area (Å²) in [6.07, 6.45) is 0.273. The lowest BCUT2D eigenvalue weighted by Crippen LogP contribution is -2.16. The van der Waals surface area contributed by atoms with E-state index in [0.717, 1.165) is 21.8 Å². The van der Waals surface area contributed by atoms with Gasteiger partial charge < -0.3 is 10.1 Å². The zero-order valence-corrected chi connectivity index (χ0v) is 16.6. The number of anilines is 1. The summed E-state index contributed by atoms with van der Waals surface area (Å²) in [5, 5.41) is 3.44. The van der Waals surface area contributed by atoms with Gasteiger partial charge in [-0.2, -0.15) is 0 Å². The van der Waals surface area contributed by atoms with Gasteiger partial charge in [0.1, 0.15) is 5.00 Å². The maximum absolute atomic E-state index is 12.4. The van der Waals surface area contributed by atoms with Gasteiger partial charge in [0.2, 0.25) is 5.91 Å². The van der Waals surface area contributed by atoms with Crippen LogP contribution in [0.25, 0.3) is 0 Å². The highest BCUT2D eigenvalue weighted by Gasteiger charge is 2.22. The molecule has 0 spiro atoms. The summed E-state index contributed by atoms with van der Waals surface area (Å²) in [4.78, 5) is 26.7. The van der Waals surface area contributed by atoms with Crippen molar-refractivity contribution in [3.8, 4) is 0 Å². The molecule has 1 aromatic carbocycles. The van der Waals surface area contributed by atoms with Gasteiger partial charge in [-0.05, 0) is 49.8 Å². The molecule has 0 unspecified atom stereocenters. The summed E-state index contributed by atoms with van der Waals surface area (Å²) < 4.78 is 5.11. The Morgan fingerprint density at radius 1 is 1.16 bits per heavy atom. The number of hydrogen-bond donors (Lipinski definition) is 1. The fourth-order valence-electron chi connectivity index (χ4n) is 2.39. The Balaban J connectivity index is 2.10. The van der Waals surface area contributed by atoms with Crippen LogP contribution < -0.4 is 5.32 Å². The van der Waals surface area contributed by atoms with Gasteiger partial charge in [-0.15, -0.1) is 23.1 Å². The third kappa shape index (κ3) is 5.09. The number of carbonyl (C=O) groups excluding carboxylic acids is 2. The Morgan fingerprint density at radius 3 is 2.44 bits per heavy atom. The van der Waals surface area contributed by atoms with Crippen molar-refractivity contribution in [3.63, 3.8) is 0 Å². The standard InChI is InChI=1S/C19H23NO3S2/c1-5-23-19(22)17-12(3)13(4)25-18(17)20-16(21)11-14-7-9-15(10-8-14)24-6-2/h7-10H,5-6,11H2,1-4H3,(H,20,21). The minimum Gasteiger partial charge on any atom is -0.462 e. The van der Waals surface area contributed by atoms with Crippen molar-refractivity contribution in [3.05, 3.63) is 45.8 Å². The van der Waals surface area contributed by atoms with Crippen LogP contribution in [-0.4, -0.2) is 24.2 Å². The molecular weight excluding hydrogens is 354 g/mol. The van der Waals surface area contributed by atoms with Gasteiger partial charge in [-0.25, -0.2) is 4.79 Å². The van der Waals surface area contributed by atoms with Crippen molar-refractivity contribution >= 4 is 40.0 Å². The summed E-state index contributed by atoms with van der Waals surface area (Å²) in [7, 11) is 0. The smallest absolute Gasteiger partial charge is 0.341 e. The Morgan fingerprint density at radius 2 is 1.84 bits per heavy atom. The molecule has 0 aliphatic heterocycles. The number of thiophene rings is 1. The quantitative estimate of drug-likeness (QED) is 0.554. The van der Waals surface area contributed by atoms with Gasteiger partial charge in [0.15, 0.2) is 0 Å². The predicted molar refractivity (Wildman–Crippen MR) is 105 cm³/mol. The summed E-state index contributed by atoms with van der Waals surface area (Å²) in [6, 6.07) is 7.99. The van der Waals surface area contributed by atoms with E-state index in [4.69, 9.17) is 4.74 Å². The number of thioether (sulfide) groups is 1. The largest absolute Gasteiger partial charge is 0.462 e. The third-order valence-electron chi connectivity index (χ3n) is 3.72. The van der Waals surface area contributed by atoms with E-state index in [2.05, 4.69) is 12.2 Å². The monoisotopic (exact) mass is 377 g/mol. The van der Waals surface area contributed by atoms with E-state index in [0.29, 0.717) is 17.2 Å². The van der Waals surface area contributed by atoms with Gasteiger partial charge >= 0.3 is 5.97 Å². The molecule has 0 aliphatic rings. The zero-order valence-electron chi connectivity index (χ0n) is 15.0. The van der Waals surface area contributed by atoms with Crippen LogP contribution in [-0.2, 0) is 16.0 Å². The second-order valence-electron chi connectivity index (χ2n) is 5.51. The molecule has 6 heteroatoms. The van der Waals surface area contributed by atoms with E-state index < -0.39 is 0 Å². The lowest BCUT2D eigenvalue weighted by molar-refractivity contribution is -0.115. The molecule has 0 saturated heterocycles. The van der Waals surface area contributed by atoms with Crippen molar-refractivity contribution < 1.29 is 14.3 Å². The first kappa shape index (κ1) is 19.5. The first-order valence-corrected chi connectivity index (χ1v) is 10.0. The van der Waals surface area contributed by atoms with Gasteiger partial charge in [-0.3, -0.25) is 4.79 Å². The number of nitrogens with one attached hydrogen (secondary N) is 1. The third-order valence-corrected chi connectivity index (χ3v) is 5.73. The molecule has 0 saturated carbocycles. The maximum atomic E-state index is 12.4. The fraction of sp³-hybridized carbons (Fsp3) is 0.368. The molecule has 4 nitrogen and oxygen atoms in total. The summed E-state index contributed by atoms with van der Waals surface area (Å²) in [5.74, 6) is 0.497. The highest BCUT2D eigenvalue weighted by atomic mass is 32.2. The summed E-state index contributed by atoms with van der Waals surface area (Å²) in [6.45, 7) is 7.99. The molecule has 2 rings (SSSR count). The number of carbonyl (C=O) groups is 2. The Hall–Kier alpha value is -1.79. The number of hydrogen-bond acceptors (Lipinski definition) is 5. The second kappa shape index (κ2) is 9.06. The molecule has 0 atom stereocenters. The van der Waals surface area contributed by atoms with Crippen molar-refractivity contribution in [2.75, 3.05) is 17.7 Å². The van der Waals surface area contributed by atoms with Crippen LogP contribution >= 0.6 is 23.1 Å². The first-order valence-electron chi connectivity index (χ1n) is 8.24. The maximum Gasteiger partial charge on any atom is 0.341 e. The predicted octanol–water partition coefficient (Wildman–Crippen LogP) is 4.83. The van der Waals surface area contributed by atoms with Crippen molar-refractivity contribution in [1.29, 1.82) is 0 Å². The molecule has 1 amide bonds. The molecule has 1 heterocycles. The van der Waals surface area contributed by atoms with Crippen LogP contribution in [0.3, 0.4) is 0 Å². The number of esters is 1. The SMILES string of the molecule is CCOC(=O)c1c(NC(=O)Cc2ccc(SCC)cc2)sc(C)c1C. The number of amides is 1. The van der Waals surface area contributed by atoms with E-state index >= 15 is 0 Å². The van der Waals surface area contributed by atoms with Crippen LogP contribution in [0, 0.1) is 13.8 Å². The summed E-state index contributed by atoms with van der Waals surface area (Å²) >= 11 is 3.18. The molecular formula is C19H23NO3S2. The highest BCUT2D eigenvalue weighted by Crippen LogP contribution is 2.33. The average molecular weight is 378 g/mol. The summed E-state index contributed by atoms with van der Waals surface area (Å²) in [5.41, 5.74) is 2.27. The Bertz CT molecular complexity index is 751. The van der Waals surface area contributed by atoms with E-state index in [-0.39, 0.29) is 18.3 Å². The minimum absolute atomic E-state index is 0.136. The van der Waals surface area contributed by atoms with Gasteiger partial charge in [0.25, 0.3) is 0 Å². The average Bonchev–Trinajstić information content (AvgIpc) is 2.84. The Kier molecular flexibility index (Phi) is 7.08. The van der Waals surface area contributed by atoms with Crippen LogP contribution in [0.1, 0.15) is 40.2 Å². The second-order valence-corrected chi connectivity index (χ2v) is 8.07. The first-order chi connectivity index (χ1) is 12.0. The number of ether oxygens (including phenoxy) is 1. The van der Waals surface area contributed by atoms with E-state index in [1.807, 2.05) is 38.1 Å². The van der Waals surface area contributed by atoms with E-state index in [9.17, 15) is 9.59 Å². The minimum atomic E-state index is -0.388. The zero-order chi connectivity index (χ0) is 18.4. The van der Waals surface area contributed by atoms with Gasteiger partial charge in [0.05, 0.1) is 18.6 Å². The number of rotatable bonds is 7. The van der Waals surface area contributed by atoms with E-state index in [1.165, 1.54) is 16.2 Å². The van der Waals surface area contributed by atoms with Crippen LogP contribution in [0.5, 0.6) is 0 Å². The van der Waals surface area contributed by atoms with Gasteiger partial charge in [0, 0.05) is 9.77 Å². The van der Waals surface area contributed by atoms with Crippen molar-refractivity contribution in [1.82, 2.24) is 0 Å². The number of aryl methyl sites for hydroxylation is 1. The molecule has 0 aliphatic carbocycles. The van der Waals surface area contributed by atoms with Crippen LogP contribution in [0.2, 0.25) is 0 Å².